The van der Waals surface area contributed by atoms with Gasteiger partial charge in [-0.25, -0.2) is 0 Å². The van der Waals surface area contributed by atoms with Crippen molar-refractivity contribution < 1.29 is 29.9 Å². The van der Waals surface area contributed by atoms with E-state index in [4.69, 9.17) is 9.47 Å². The summed E-state index contributed by atoms with van der Waals surface area (Å²) >= 11 is 0. The number of hydrogen-bond acceptors (Lipinski definition) is 6. The van der Waals surface area contributed by atoms with Gasteiger partial charge in [0.05, 0.1) is 6.61 Å². The highest BCUT2D eigenvalue weighted by Crippen LogP contribution is 2.34. The van der Waals surface area contributed by atoms with E-state index < -0.39 is 37.3 Å². The summed E-state index contributed by atoms with van der Waals surface area (Å²) in [6, 6.07) is 5.67. The third kappa shape index (κ3) is 3.84. The molecule has 130 valence electrons. The third-order valence-corrected chi connectivity index (χ3v) is 4.03. The predicted octanol–water partition coefficient (Wildman–Crippen LogP) is 0.471. The SMILES string of the molecule is Cc1ccc(O[C@@H]2O[C@H](CO)[C@@H](O)[C@@H](O)[C@@H]2O)c(C(C)(C)C)c1. The van der Waals surface area contributed by atoms with E-state index in [9.17, 15) is 20.4 Å². The molecule has 6 nitrogen and oxygen atoms in total. The van der Waals surface area contributed by atoms with Crippen molar-refractivity contribution in [2.45, 2.75) is 63.8 Å². The molecule has 1 fully saturated rings. The van der Waals surface area contributed by atoms with Crippen LogP contribution < -0.4 is 4.74 Å². The van der Waals surface area contributed by atoms with Gasteiger partial charge in [0.25, 0.3) is 0 Å². The van der Waals surface area contributed by atoms with Crippen molar-refractivity contribution in [3.63, 3.8) is 0 Å². The lowest BCUT2D eigenvalue weighted by atomic mass is 9.85. The molecule has 2 rings (SSSR count). The van der Waals surface area contributed by atoms with Crippen molar-refractivity contribution in [2.24, 2.45) is 0 Å². The first-order chi connectivity index (χ1) is 10.6. The molecule has 6 heteroatoms. The Balaban J connectivity index is 2.28. The normalized spacial score (nSPS) is 31.9. The van der Waals surface area contributed by atoms with E-state index in [1.165, 1.54) is 0 Å². The van der Waals surface area contributed by atoms with E-state index in [0.29, 0.717) is 5.75 Å². The van der Waals surface area contributed by atoms with Crippen molar-refractivity contribution in [1.29, 1.82) is 0 Å². The smallest absolute Gasteiger partial charge is 0.229 e. The molecule has 1 saturated heterocycles. The molecule has 0 amide bonds. The minimum absolute atomic E-state index is 0.185. The van der Waals surface area contributed by atoms with Crippen LogP contribution in [-0.4, -0.2) is 57.7 Å². The number of ether oxygens (including phenoxy) is 2. The Bertz CT molecular complexity index is 536. The van der Waals surface area contributed by atoms with Crippen molar-refractivity contribution in [1.82, 2.24) is 0 Å². The highest BCUT2D eigenvalue weighted by molar-refractivity contribution is 5.41. The Kier molecular flexibility index (Phi) is 5.33. The van der Waals surface area contributed by atoms with Crippen molar-refractivity contribution in [3.8, 4) is 5.75 Å². The zero-order chi connectivity index (χ0) is 17.4. The molecular formula is C17H26O6. The molecule has 1 aliphatic heterocycles. The molecule has 0 bridgehead atoms. The van der Waals surface area contributed by atoms with E-state index in [1.807, 2.05) is 39.8 Å². The quantitative estimate of drug-likeness (QED) is 0.644. The molecule has 1 aromatic rings. The second-order valence-corrected chi connectivity index (χ2v) is 7.06. The first-order valence-corrected chi connectivity index (χ1v) is 7.73. The minimum atomic E-state index is -1.45. The van der Waals surface area contributed by atoms with Crippen molar-refractivity contribution in [2.75, 3.05) is 6.61 Å². The van der Waals surface area contributed by atoms with E-state index in [-0.39, 0.29) is 5.41 Å². The highest BCUT2D eigenvalue weighted by atomic mass is 16.7. The van der Waals surface area contributed by atoms with Crippen LogP contribution in [0.4, 0.5) is 0 Å². The Hall–Kier alpha value is -1.18. The van der Waals surface area contributed by atoms with Crippen LogP contribution in [0.1, 0.15) is 31.9 Å². The van der Waals surface area contributed by atoms with Gasteiger partial charge in [0.2, 0.25) is 6.29 Å². The van der Waals surface area contributed by atoms with Crippen LogP contribution >= 0.6 is 0 Å². The van der Waals surface area contributed by atoms with Gasteiger partial charge in [-0.1, -0.05) is 38.5 Å². The van der Waals surface area contributed by atoms with Gasteiger partial charge < -0.3 is 29.9 Å². The fraction of sp³-hybridized carbons (Fsp3) is 0.647. The maximum absolute atomic E-state index is 10.1. The van der Waals surface area contributed by atoms with Crippen LogP contribution in [0.3, 0.4) is 0 Å². The second-order valence-electron chi connectivity index (χ2n) is 7.06. The molecule has 0 unspecified atom stereocenters. The summed E-state index contributed by atoms with van der Waals surface area (Å²) in [7, 11) is 0. The third-order valence-electron chi connectivity index (χ3n) is 4.03. The number of aryl methyl sites for hydroxylation is 1. The fourth-order valence-electron chi connectivity index (χ4n) is 2.62. The Morgan fingerprint density at radius 1 is 1.09 bits per heavy atom. The van der Waals surface area contributed by atoms with E-state index in [2.05, 4.69) is 0 Å². The summed E-state index contributed by atoms with van der Waals surface area (Å²) in [4.78, 5) is 0. The van der Waals surface area contributed by atoms with Crippen LogP contribution in [-0.2, 0) is 10.2 Å². The number of rotatable bonds is 3. The standard InChI is InChI=1S/C17H26O6/c1-9-5-6-11(10(7-9)17(2,3)4)22-16-15(21)14(20)13(19)12(8-18)23-16/h5-7,12-16,18-21H,8H2,1-4H3/t12-,13-,14-,15+,16-/m1/s1. The summed E-state index contributed by atoms with van der Waals surface area (Å²) in [5.41, 5.74) is 1.83. The molecule has 1 aromatic carbocycles. The largest absolute Gasteiger partial charge is 0.462 e. The Morgan fingerprint density at radius 3 is 2.30 bits per heavy atom. The van der Waals surface area contributed by atoms with E-state index in [1.54, 1.807) is 6.07 Å². The summed E-state index contributed by atoms with van der Waals surface area (Å²) in [6.07, 6.45) is -6.41. The van der Waals surface area contributed by atoms with Gasteiger partial charge in [0, 0.05) is 0 Å². The monoisotopic (exact) mass is 326 g/mol. The maximum Gasteiger partial charge on any atom is 0.229 e. The first kappa shape index (κ1) is 18.2. The number of aliphatic hydroxyl groups is 4. The van der Waals surface area contributed by atoms with Gasteiger partial charge in [-0.2, -0.15) is 0 Å². The molecule has 23 heavy (non-hydrogen) atoms. The zero-order valence-corrected chi connectivity index (χ0v) is 13.9. The lowest BCUT2D eigenvalue weighted by Crippen LogP contribution is -2.60. The average Bonchev–Trinajstić information content (AvgIpc) is 2.48. The van der Waals surface area contributed by atoms with Crippen LogP contribution in [0.2, 0.25) is 0 Å². The minimum Gasteiger partial charge on any atom is -0.462 e. The molecule has 0 spiro atoms. The molecular weight excluding hydrogens is 300 g/mol. The summed E-state index contributed by atoms with van der Waals surface area (Å²) in [6.45, 7) is 7.63. The number of aliphatic hydroxyl groups excluding tert-OH is 4. The van der Waals surface area contributed by atoms with Gasteiger partial charge in [-0.05, 0) is 24.0 Å². The molecule has 1 aliphatic rings. The lowest BCUT2D eigenvalue weighted by Gasteiger charge is -2.40. The van der Waals surface area contributed by atoms with Crippen LogP contribution in [0, 0.1) is 6.92 Å². The zero-order valence-electron chi connectivity index (χ0n) is 13.9. The van der Waals surface area contributed by atoms with Gasteiger partial charge in [0.1, 0.15) is 30.2 Å². The first-order valence-electron chi connectivity index (χ1n) is 7.73. The molecule has 1 heterocycles. The maximum atomic E-state index is 10.1. The average molecular weight is 326 g/mol. The second kappa shape index (κ2) is 6.75. The Labute approximate surface area is 136 Å². The predicted molar refractivity (Wildman–Crippen MR) is 84.3 cm³/mol. The van der Waals surface area contributed by atoms with E-state index in [0.717, 1.165) is 11.1 Å². The molecule has 0 aromatic heterocycles. The molecule has 5 atom stereocenters. The van der Waals surface area contributed by atoms with Gasteiger partial charge in [-0.3, -0.25) is 0 Å². The van der Waals surface area contributed by atoms with E-state index >= 15 is 0 Å². The molecule has 0 radical (unpaired) electrons. The summed E-state index contributed by atoms with van der Waals surface area (Å²) in [5, 5.41) is 39.0. The van der Waals surface area contributed by atoms with Crippen LogP contribution in [0.15, 0.2) is 18.2 Å². The van der Waals surface area contributed by atoms with Crippen LogP contribution in [0.5, 0.6) is 5.75 Å². The molecule has 0 saturated carbocycles. The summed E-state index contributed by atoms with van der Waals surface area (Å²) < 4.78 is 11.2. The number of hydrogen-bond donors (Lipinski definition) is 4. The van der Waals surface area contributed by atoms with Gasteiger partial charge in [0.15, 0.2) is 0 Å². The highest BCUT2D eigenvalue weighted by Gasteiger charge is 2.45. The Morgan fingerprint density at radius 2 is 1.74 bits per heavy atom. The lowest BCUT2D eigenvalue weighted by molar-refractivity contribution is -0.277. The van der Waals surface area contributed by atoms with Crippen molar-refractivity contribution >= 4 is 0 Å². The topological polar surface area (TPSA) is 99.4 Å². The van der Waals surface area contributed by atoms with Gasteiger partial charge >= 0.3 is 0 Å². The van der Waals surface area contributed by atoms with Crippen molar-refractivity contribution in [3.05, 3.63) is 29.3 Å². The summed E-state index contributed by atoms with van der Waals surface area (Å²) in [5.74, 6) is 0.535. The van der Waals surface area contributed by atoms with Crippen LogP contribution in [0.25, 0.3) is 0 Å². The fourth-order valence-corrected chi connectivity index (χ4v) is 2.62. The van der Waals surface area contributed by atoms with Gasteiger partial charge in [-0.15, -0.1) is 0 Å². The molecule has 4 N–H and O–H groups in total. The molecule has 0 aliphatic carbocycles. The number of benzene rings is 1.